The smallest absolute Gasteiger partial charge is 0.261 e. The maximum atomic E-state index is 13.8. The molecule has 2 N–H and O–H groups in total. The van der Waals surface area contributed by atoms with Gasteiger partial charge in [0.05, 0.1) is 4.90 Å². The van der Waals surface area contributed by atoms with E-state index in [0.29, 0.717) is 12.1 Å². The van der Waals surface area contributed by atoms with E-state index in [4.69, 9.17) is 4.74 Å². The number of unbranched alkanes of at least 4 members (excludes halogenated alkanes) is 2. The molecule has 0 bridgehead atoms. The first-order chi connectivity index (χ1) is 21.3. The van der Waals surface area contributed by atoms with Gasteiger partial charge in [0, 0.05) is 18.8 Å². The molecule has 0 spiro atoms. The first-order valence-corrected chi connectivity index (χ1v) is 15.9. The Balaban J connectivity index is 1.51. The molecular formula is C34H36FN3O5S. The SMILES string of the molecule is CCCCCNC(=O)[C@@H](c1ccccc1)N(Cc1ccccc1)C(=O)COc1ccc(S(=O)(=O)Nc2ccc(F)cc2)cc1. The first kappa shape index (κ1) is 32.2. The topological polar surface area (TPSA) is 105 Å². The second-order valence-corrected chi connectivity index (χ2v) is 11.9. The zero-order chi connectivity index (χ0) is 31.4. The monoisotopic (exact) mass is 617 g/mol. The van der Waals surface area contributed by atoms with Crippen LogP contribution in [0.25, 0.3) is 0 Å². The van der Waals surface area contributed by atoms with Crippen molar-refractivity contribution in [3.05, 3.63) is 126 Å². The minimum absolute atomic E-state index is 0.0323. The molecule has 0 aromatic heterocycles. The number of nitrogens with one attached hydrogen (secondary N) is 2. The molecule has 0 saturated heterocycles. The molecule has 0 unspecified atom stereocenters. The fraction of sp³-hybridized carbons (Fsp3) is 0.235. The summed E-state index contributed by atoms with van der Waals surface area (Å²) in [5.41, 5.74) is 1.75. The van der Waals surface area contributed by atoms with Crippen LogP contribution in [0.3, 0.4) is 0 Å². The minimum atomic E-state index is -3.93. The van der Waals surface area contributed by atoms with Crippen molar-refractivity contribution in [1.82, 2.24) is 10.2 Å². The molecule has 0 radical (unpaired) electrons. The Bertz CT molecular complexity index is 1600. The van der Waals surface area contributed by atoms with E-state index >= 15 is 0 Å². The van der Waals surface area contributed by atoms with Crippen LogP contribution in [0, 0.1) is 5.82 Å². The summed E-state index contributed by atoms with van der Waals surface area (Å²) in [6.07, 6.45) is 2.84. The van der Waals surface area contributed by atoms with Gasteiger partial charge in [-0.05, 0) is 66.1 Å². The normalized spacial score (nSPS) is 11.8. The van der Waals surface area contributed by atoms with Gasteiger partial charge in [0.2, 0.25) is 5.91 Å². The van der Waals surface area contributed by atoms with Crippen molar-refractivity contribution in [3.63, 3.8) is 0 Å². The Morgan fingerprint density at radius 3 is 2.11 bits per heavy atom. The fourth-order valence-electron chi connectivity index (χ4n) is 4.57. The molecule has 0 saturated carbocycles. The van der Waals surface area contributed by atoms with Gasteiger partial charge in [-0.3, -0.25) is 14.3 Å². The van der Waals surface area contributed by atoms with Gasteiger partial charge >= 0.3 is 0 Å². The van der Waals surface area contributed by atoms with Gasteiger partial charge in [-0.2, -0.15) is 0 Å². The molecular weight excluding hydrogens is 581 g/mol. The van der Waals surface area contributed by atoms with Crippen LogP contribution in [0.4, 0.5) is 10.1 Å². The maximum absolute atomic E-state index is 13.8. The van der Waals surface area contributed by atoms with Gasteiger partial charge in [-0.15, -0.1) is 0 Å². The van der Waals surface area contributed by atoms with E-state index in [1.54, 1.807) is 0 Å². The van der Waals surface area contributed by atoms with Crippen LogP contribution in [0.5, 0.6) is 5.75 Å². The standard InChI is InChI=1S/C34H36FN3O5S/c1-2-3-10-23-36-34(40)33(27-13-8-5-9-14-27)38(24-26-11-6-4-7-12-26)32(39)25-43-30-19-21-31(22-20-30)44(41,42)37-29-17-15-28(35)16-18-29/h4-9,11-22,33,37H,2-3,10,23-25H2,1H3,(H,36,40)/t33-/m1/s1. The van der Waals surface area contributed by atoms with Crippen LogP contribution in [0.2, 0.25) is 0 Å². The number of carbonyl (C=O) groups excluding carboxylic acids is 2. The highest BCUT2D eigenvalue weighted by molar-refractivity contribution is 7.92. The lowest BCUT2D eigenvalue weighted by Gasteiger charge is -2.31. The summed E-state index contributed by atoms with van der Waals surface area (Å²) >= 11 is 0. The zero-order valence-corrected chi connectivity index (χ0v) is 25.3. The summed E-state index contributed by atoms with van der Waals surface area (Å²) in [6.45, 7) is 2.40. The van der Waals surface area contributed by atoms with E-state index < -0.39 is 27.8 Å². The second-order valence-electron chi connectivity index (χ2n) is 10.2. The van der Waals surface area contributed by atoms with Gasteiger partial charge in [0.25, 0.3) is 15.9 Å². The fourth-order valence-corrected chi connectivity index (χ4v) is 5.63. The average Bonchev–Trinajstić information content (AvgIpc) is 3.04. The van der Waals surface area contributed by atoms with Crippen molar-refractivity contribution >= 4 is 27.5 Å². The van der Waals surface area contributed by atoms with Gasteiger partial charge in [-0.1, -0.05) is 80.4 Å². The molecule has 0 aliphatic rings. The maximum Gasteiger partial charge on any atom is 0.261 e. The highest BCUT2D eigenvalue weighted by Crippen LogP contribution is 2.25. The van der Waals surface area contributed by atoms with Crippen LogP contribution in [-0.2, 0) is 26.2 Å². The molecule has 0 fully saturated rings. The summed E-state index contributed by atoms with van der Waals surface area (Å²) in [5.74, 6) is -0.895. The van der Waals surface area contributed by atoms with E-state index in [1.807, 2.05) is 60.7 Å². The van der Waals surface area contributed by atoms with Crippen LogP contribution < -0.4 is 14.8 Å². The lowest BCUT2D eigenvalue weighted by molar-refractivity contribution is -0.143. The van der Waals surface area contributed by atoms with Gasteiger partial charge < -0.3 is 15.0 Å². The Morgan fingerprint density at radius 1 is 0.841 bits per heavy atom. The predicted octanol–water partition coefficient (Wildman–Crippen LogP) is 6.08. The van der Waals surface area contributed by atoms with E-state index in [0.717, 1.165) is 37.0 Å². The largest absolute Gasteiger partial charge is 0.484 e. The summed E-state index contributed by atoms with van der Waals surface area (Å²) in [7, 11) is -3.93. The lowest BCUT2D eigenvalue weighted by atomic mass is 10.0. The van der Waals surface area contributed by atoms with Crippen molar-refractivity contribution < 1.29 is 27.1 Å². The molecule has 0 aliphatic heterocycles. The summed E-state index contributed by atoms with van der Waals surface area (Å²) < 4.78 is 46.9. The van der Waals surface area contributed by atoms with E-state index in [9.17, 15) is 22.4 Å². The number of anilines is 1. The Morgan fingerprint density at radius 2 is 1.48 bits per heavy atom. The number of carbonyl (C=O) groups is 2. The molecule has 10 heteroatoms. The van der Waals surface area contributed by atoms with Gasteiger partial charge in [0.15, 0.2) is 6.61 Å². The van der Waals surface area contributed by atoms with E-state index in [-0.39, 0.29) is 35.4 Å². The van der Waals surface area contributed by atoms with Crippen LogP contribution in [0.15, 0.2) is 114 Å². The number of sulfonamides is 1. The third-order valence-corrected chi connectivity index (χ3v) is 8.26. The third-order valence-electron chi connectivity index (χ3n) is 6.86. The Labute approximate surface area is 257 Å². The molecule has 4 rings (SSSR count). The summed E-state index contributed by atoms with van der Waals surface area (Å²) in [6, 6.07) is 28.2. The number of ether oxygens (including phenoxy) is 1. The molecule has 2 amide bonds. The van der Waals surface area contributed by atoms with Crippen LogP contribution in [-0.4, -0.2) is 38.3 Å². The second kappa shape index (κ2) is 15.7. The number of hydrogen-bond acceptors (Lipinski definition) is 5. The third kappa shape index (κ3) is 9.15. The van der Waals surface area contributed by atoms with Crippen LogP contribution in [0.1, 0.15) is 43.4 Å². The highest BCUT2D eigenvalue weighted by atomic mass is 32.2. The lowest BCUT2D eigenvalue weighted by Crippen LogP contribution is -2.45. The number of halogens is 1. The van der Waals surface area contributed by atoms with E-state index in [1.165, 1.54) is 41.3 Å². The molecule has 4 aromatic rings. The number of nitrogens with zero attached hydrogens (tertiary/aromatic N) is 1. The zero-order valence-electron chi connectivity index (χ0n) is 24.5. The van der Waals surface area contributed by atoms with Gasteiger partial charge in [-0.25, -0.2) is 12.8 Å². The first-order valence-electron chi connectivity index (χ1n) is 14.4. The van der Waals surface area contributed by atoms with Crippen molar-refractivity contribution in [2.24, 2.45) is 0 Å². The molecule has 0 aliphatic carbocycles. The molecule has 8 nitrogen and oxygen atoms in total. The highest BCUT2D eigenvalue weighted by Gasteiger charge is 2.31. The molecule has 4 aromatic carbocycles. The summed E-state index contributed by atoms with van der Waals surface area (Å²) in [4.78, 5) is 28.8. The number of rotatable bonds is 15. The number of amides is 2. The van der Waals surface area contributed by atoms with Gasteiger partial charge in [0.1, 0.15) is 17.6 Å². The van der Waals surface area contributed by atoms with E-state index in [2.05, 4.69) is 17.0 Å². The van der Waals surface area contributed by atoms with Crippen molar-refractivity contribution in [1.29, 1.82) is 0 Å². The number of hydrogen-bond donors (Lipinski definition) is 2. The Hall–Kier alpha value is -4.70. The average molecular weight is 618 g/mol. The van der Waals surface area contributed by atoms with Crippen molar-refractivity contribution in [2.75, 3.05) is 17.9 Å². The Kier molecular flexibility index (Phi) is 11.5. The quantitative estimate of drug-likeness (QED) is 0.157. The van der Waals surface area contributed by atoms with Crippen LogP contribution >= 0.6 is 0 Å². The molecule has 0 heterocycles. The van der Waals surface area contributed by atoms with Crippen molar-refractivity contribution in [3.8, 4) is 5.75 Å². The molecule has 44 heavy (non-hydrogen) atoms. The summed E-state index contributed by atoms with van der Waals surface area (Å²) in [5, 5.41) is 3.00. The molecule has 230 valence electrons. The minimum Gasteiger partial charge on any atom is -0.484 e. The van der Waals surface area contributed by atoms with Crippen molar-refractivity contribution in [2.45, 2.75) is 43.7 Å². The predicted molar refractivity (Wildman–Crippen MR) is 168 cm³/mol. The molecule has 1 atom stereocenters. The number of benzene rings is 4.